The van der Waals surface area contributed by atoms with Gasteiger partial charge in [-0.3, -0.25) is 9.59 Å². The number of hydrogen-bond donors (Lipinski definition) is 3. The third kappa shape index (κ3) is 3.42. The Balaban J connectivity index is 2.04. The second-order valence-electron chi connectivity index (χ2n) is 5.10. The molecular weight excluding hydrogens is 280 g/mol. The van der Waals surface area contributed by atoms with Gasteiger partial charge < -0.3 is 16.2 Å². The average molecular weight is 297 g/mol. The predicted molar refractivity (Wildman–Crippen MR) is 77.0 cm³/mol. The monoisotopic (exact) mass is 296 g/mol. The van der Waals surface area contributed by atoms with Gasteiger partial charge in [0, 0.05) is 11.7 Å². The molecule has 1 saturated carbocycles. The van der Waals surface area contributed by atoms with E-state index < -0.39 is 11.9 Å². The van der Waals surface area contributed by atoms with Crippen LogP contribution < -0.4 is 11.1 Å². The average Bonchev–Trinajstić information content (AvgIpc) is 2.38. The Hall–Kier alpha value is -1.75. The molecule has 0 spiro atoms. The maximum atomic E-state index is 11.1. The van der Waals surface area contributed by atoms with Crippen LogP contribution in [-0.2, 0) is 4.79 Å². The Bertz CT molecular complexity index is 533. The second kappa shape index (κ2) is 6.13. The normalized spacial score (nSPS) is 22.2. The lowest BCUT2D eigenvalue weighted by Gasteiger charge is -2.28. The molecule has 6 heteroatoms. The third-order valence-electron chi connectivity index (χ3n) is 3.63. The number of primary amides is 1. The van der Waals surface area contributed by atoms with Crippen molar-refractivity contribution in [3.63, 3.8) is 0 Å². The van der Waals surface area contributed by atoms with E-state index >= 15 is 0 Å². The molecule has 0 heterocycles. The van der Waals surface area contributed by atoms with Gasteiger partial charge in [0.15, 0.2) is 0 Å². The topological polar surface area (TPSA) is 92.4 Å². The lowest BCUT2D eigenvalue weighted by Crippen LogP contribution is -2.30. The quantitative estimate of drug-likeness (QED) is 0.796. The van der Waals surface area contributed by atoms with Crippen molar-refractivity contribution in [1.29, 1.82) is 0 Å². The molecule has 2 atom stereocenters. The number of rotatable bonds is 4. The van der Waals surface area contributed by atoms with Crippen LogP contribution in [0.3, 0.4) is 0 Å². The SMILES string of the molecule is NC(=O)c1ccc(NC2CCCC(C(=O)O)C2)cc1Cl. The largest absolute Gasteiger partial charge is 0.481 e. The summed E-state index contributed by atoms with van der Waals surface area (Å²) in [6.45, 7) is 0. The van der Waals surface area contributed by atoms with Crippen LogP contribution in [-0.4, -0.2) is 23.0 Å². The van der Waals surface area contributed by atoms with Gasteiger partial charge in [0.25, 0.3) is 0 Å². The summed E-state index contributed by atoms with van der Waals surface area (Å²) in [5.41, 5.74) is 6.25. The highest BCUT2D eigenvalue weighted by Gasteiger charge is 2.26. The standard InChI is InChI=1S/C14H17ClN2O3/c15-12-7-10(4-5-11(12)13(16)18)17-9-3-1-2-8(6-9)14(19)20/h4-5,7-9,17H,1-3,6H2,(H2,16,18)(H,19,20). The molecule has 0 saturated heterocycles. The molecular formula is C14H17ClN2O3. The van der Waals surface area contributed by atoms with E-state index in [4.69, 9.17) is 22.4 Å². The first-order chi connectivity index (χ1) is 9.47. The summed E-state index contributed by atoms with van der Waals surface area (Å²) in [6, 6.07) is 5.06. The van der Waals surface area contributed by atoms with Crippen LogP contribution in [0.4, 0.5) is 5.69 Å². The van der Waals surface area contributed by atoms with Crippen molar-refractivity contribution in [1.82, 2.24) is 0 Å². The molecule has 0 aliphatic heterocycles. The number of carboxylic acids is 1. The highest BCUT2D eigenvalue weighted by atomic mass is 35.5. The number of nitrogens with one attached hydrogen (secondary N) is 1. The Kier molecular flexibility index (Phi) is 4.49. The van der Waals surface area contributed by atoms with Gasteiger partial charge in [-0.1, -0.05) is 18.0 Å². The molecule has 2 unspecified atom stereocenters. The van der Waals surface area contributed by atoms with Gasteiger partial charge in [-0.25, -0.2) is 0 Å². The minimum absolute atomic E-state index is 0.111. The van der Waals surface area contributed by atoms with Crippen LogP contribution in [0.25, 0.3) is 0 Å². The van der Waals surface area contributed by atoms with Gasteiger partial charge in [0.2, 0.25) is 5.91 Å². The van der Waals surface area contributed by atoms with Gasteiger partial charge in [0.05, 0.1) is 16.5 Å². The summed E-state index contributed by atoms with van der Waals surface area (Å²) >= 11 is 5.99. The molecule has 1 aromatic rings. The van der Waals surface area contributed by atoms with Crippen LogP contribution >= 0.6 is 11.6 Å². The summed E-state index contributed by atoms with van der Waals surface area (Å²) in [7, 11) is 0. The Morgan fingerprint density at radius 3 is 2.70 bits per heavy atom. The van der Waals surface area contributed by atoms with Gasteiger partial charge in [0.1, 0.15) is 0 Å². The number of halogens is 1. The smallest absolute Gasteiger partial charge is 0.306 e. The minimum atomic E-state index is -0.737. The summed E-state index contributed by atoms with van der Waals surface area (Å²) in [5.74, 6) is -1.59. The zero-order valence-electron chi connectivity index (χ0n) is 10.9. The maximum absolute atomic E-state index is 11.1. The van der Waals surface area contributed by atoms with Crippen molar-refractivity contribution in [3.05, 3.63) is 28.8 Å². The second-order valence-corrected chi connectivity index (χ2v) is 5.51. The number of carbonyl (C=O) groups excluding carboxylic acids is 1. The molecule has 0 bridgehead atoms. The van der Waals surface area contributed by atoms with E-state index in [9.17, 15) is 9.59 Å². The van der Waals surface area contributed by atoms with E-state index in [1.165, 1.54) is 0 Å². The lowest BCUT2D eigenvalue weighted by atomic mass is 9.85. The van der Waals surface area contributed by atoms with Crippen molar-refractivity contribution in [2.75, 3.05) is 5.32 Å². The molecule has 1 fully saturated rings. The summed E-state index contributed by atoms with van der Waals surface area (Å²) in [4.78, 5) is 22.1. The van der Waals surface area contributed by atoms with E-state index in [1.807, 2.05) is 0 Å². The number of carboxylic acid groups (broad SMARTS) is 1. The lowest BCUT2D eigenvalue weighted by molar-refractivity contribution is -0.142. The molecule has 0 radical (unpaired) electrons. The fourth-order valence-corrected chi connectivity index (χ4v) is 2.86. The molecule has 1 aromatic carbocycles. The maximum Gasteiger partial charge on any atom is 0.306 e. The summed E-state index contributed by atoms with van der Waals surface area (Å²) in [5, 5.41) is 12.6. The van der Waals surface area contributed by atoms with Crippen molar-refractivity contribution in [2.45, 2.75) is 31.7 Å². The highest BCUT2D eigenvalue weighted by Crippen LogP contribution is 2.28. The van der Waals surface area contributed by atoms with Crippen molar-refractivity contribution in [3.8, 4) is 0 Å². The zero-order chi connectivity index (χ0) is 14.7. The van der Waals surface area contributed by atoms with E-state index in [1.54, 1.807) is 18.2 Å². The summed E-state index contributed by atoms with van der Waals surface area (Å²) < 4.78 is 0. The zero-order valence-corrected chi connectivity index (χ0v) is 11.7. The Morgan fingerprint density at radius 2 is 2.10 bits per heavy atom. The van der Waals surface area contributed by atoms with Gasteiger partial charge >= 0.3 is 5.97 Å². The fourth-order valence-electron chi connectivity index (χ4n) is 2.59. The van der Waals surface area contributed by atoms with E-state index in [-0.39, 0.29) is 17.5 Å². The van der Waals surface area contributed by atoms with Crippen molar-refractivity contribution >= 4 is 29.2 Å². The van der Waals surface area contributed by atoms with Crippen LogP contribution in [0.15, 0.2) is 18.2 Å². The fraction of sp³-hybridized carbons (Fsp3) is 0.429. The van der Waals surface area contributed by atoms with Gasteiger partial charge in [-0.2, -0.15) is 0 Å². The Labute approximate surface area is 122 Å². The number of anilines is 1. The minimum Gasteiger partial charge on any atom is -0.481 e. The first-order valence-electron chi connectivity index (χ1n) is 6.56. The first kappa shape index (κ1) is 14.7. The van der Waals surface area contributed by atoms with Gasteiger partial charge in [-0.15, -0.1) is 0 Å². The van der Waals surface area contributed by atoms with Crippen LogP contribution in [0.5, 0.6) is 0 Å². The van der Waals surface area contributed by atoms with Gasteiger partial charge in [-0.05, 0) is 37.5 Å². The van der Waals surface area contributed by atoms with E-state index in [0.717, 1.165) is 24.9 Å². The molecule has 1 aliphatic carbocycles. The molecule has 5 nitrogen and oxygen atoms in total. The molecule has 108 valence electrons. The molecule has 1 aliphatic rings. The molecule has 4 N–H and O–H groups in total. The number of hydrogen-bond acceptors (Lipinski definition) is 3. The van der Waals surface area contributed by atoms with Crippen molar-refractivity contribution in [2.24, 2.45) is 11.7 Å². The third-order valence-corrected chi connectivity index (χ3v) is 3.94. The number of nitrogens with two attached hydrogens (primary N) is 1. The van der Waals surface area contributed by atoms with E-state index in [2.05, 4.69) is 5.32 Å². The molecule has 0 aromatic heterocycles. The number of amides is 1. The van der Waals surface area contributed by atoms with Crippen molar-refractivity contribution < 1.29 is 14.7 Å². The van der Waals surface area contributed by atoms with Crippen LogP contribution in [0.1, 0.15) is 36.0 Å². The molecule has 2 rings (SSSR count). The van der Waals surface area contributed by atoms with Crippen LogP contribution in [0, 0.1) is 5.92 Å². The number of carbonyl (C=O) groups is 2. The van der Waals surface area contributed by atoms with Crippen LogP contribution in [0.2, 0.25) is 5.02 Å². The number of benzene rings is 1. The Morgan fingerprint density at radius 1 is 1.35 bits per heavy atom. The number of aliphatic carboxylic acids is 1. The highest BCUT2D eigenvalue weighted by molar-refractivity contribution is 6.34. The molecule has 1 amide bonds. The first-order valence-corrected chi connectivity index (χ1v) is 6.94. The molecule has 20 heavy (non-hydrogen) atoms. The summed E-state index contributed by atoms with van der Waals surface area (Å²) in [6.07, 6.45) is 3.15. The van der Waals surface area contributed by atoms with E-state index in [0.29, 0.717) is 11.4 Å². The predicted octanol–water partition coefficient (Wildman–Crippen LogP) is 2.49.